The summed E-state index contributed by atoms with van der Waals surface area (Å²) < 4.78 is 50.0. The predicted octanol–water partition coefficient (Wildman–Crippen LogP) is 2.02. The van der Waals surface area contributed by atoms with Crippen LogP contribution in [0.2, 0.25) is 0 Å². The van der Waals surface area contributed by atoms with Crippen molar-refractivity contribution in [3.8, 4) is 0 Å². The Balaban J connectivity index is 3.25. The maximum atomic E-state index is 12.7. The smallest absolute Gasteiger partial charge is 0.231 e. The lowest BCUT2D eigenvalue weighted by atomic mass is 10.2. The molecule has 0 aliphatic heterocycles. The fourth-order valence-corrected chi connectivity index (χ4v) is 0.876. The van der Waals surface area contributed by atoms with Crippen LogP contribution in [0.3, 0.4) is 0 Å². The Kier molecular flexibility index (Phi) is 2.68. The van der Waals surface area contributed by atoms with Crippen LogP contribution in [0, 0.1) is 33.4 Å². The summed E-state index contributed by atoms with van der Waals surface area (Å²) in [6, 6.07) is 0.260. The van der Waals surface area contributed by atoms with Gasteiger partial charge in [0, 0.05) is 4.92 Å². The summed E-state index contributed by atoms with van der Waals surface area (Å²) in [6.07, 6.45) is 0. The summed E-state index contributed by atoms with van der Waals surface area (Å²) in [5.41, 5.74) is -0.827. The van der Waals surface area contributed by atoms with E-state index in [1.54, 1.807) is 0 Å². The molecule has 1 aromatic carbocycles. The molecule has 0 aliphatic rings. The summed E-state index contributed by atoms with van der Waals surface area (Å²) >= 11 is 0. The highest BCUT2D eigenvalue weighted by Gasteiger charge is 2.21. The third kappa shape index (κ3) is 1.81. The first-order valence-corrected chi connectivity index (χ1v) is 3.37. The molecule has 0 heterocycles. The minimum absolute atomic E-state index is 0.260. The van der Waals surface area contributed by atoms with Crippen molar-refractivity contribution in [1.82, 2.24) is 0 Å². The van der Waals surface area contributed by atoms with Gasteiger partial charge < -0.3 is 0 Å². The molecule has 0 saturated heterocycles. The van der Waals surface area contributed by atoms with E-state index in [1.165, 1.54) is 0 Å². The number of nitrogens with zero attached hydrogens (tertiary/aromatic N) is 1. The SMILES string of the molecule is O=[N+]([O-])Cc1cc(F)c(F)c(F)c1F. The molecule has 1 aromatic rings. The summed E-state index contributed by atoms with van der Waals surface area (Å²) in [4.78, 5) is 8.95. The van der Waals surface area contributed by atoms with Crippen LogP contribution in [-0.4, -0.2) is 4.92 Å². The van der Waals surface area contributed by atoms with E-state index in [9.17, 15) is 27.7 Å². The second-order valence-corrected chi connectivity index (χ2v) is 2.45. The molecule has 0 amide bonds. The topological polar surface area (TPSA) is 43.1 Å². The van der Waals surface area contributed by atoms with Gasteiger partial charge in [-0.25, -0.2) is 17.6 Å². The molecule has 0 N–H and O–H groups in total. The zero-order valence-electron chi connectivity index (χ0n) is 6.56. The van der Waals surface area contributed by atoms with Gasteiger partial charge in [0.2, 0.25) is 6.54 Å². The minimum Gasteiger partial charge on any atom is -0.264 e. The maximum absolute atomic E-state index is 12.7. The fraction of sp³-hybridized carbons (Fsp3) is 0.143. The van der Waals surface area contributed by atoms with Gasteiger partial charge in [-0.3, -0.25) is 10.1 Å². The first-order chi connectivity index (χ1) is 6.43. The van der Waals surface area contributed by atoms with E-state index in [0.717, 1.165) is 0 Å². The summed E-state index contributed by atoms with van der Waals surface area (Å²) in [5, 5.41) is 9.93. The molecule has 14 heavy (non-hydrogen) atoms. The predicted molar refractivity (Wildman–Crippen MR) is 37.0 cm³/mol. The number of hydrogen-bond donors (Lipinski definition) is 0. The molecule has 76 valence electrons. The molecule has 1 rings (SSSR count). The Labute approximate surface area is 75.1 Å². The fourth-order valence-electron chi connectivity index (χ4n) is 0.876. The van der Waals surface area contributed by atoms with E-state index in [-0.39, 0.29) is 6.07 Å². The van der Waals surface area contributed by atoms with E-state index < -0.39 is 40.3 Å². The maximum Gasteiger partial charge on any atom is 0.231 e. The largest absolute Gasteiger partial charge is 0.264 e. The average Bonchev–Trinajstić information content (AvgIpc) is 2.10. The quantitative estimate of drug-likeness (QED) is 0.246. The Morgan fingerprint density at radius 2 is 1.71 bits per heavy atom. The van der Waals surface area contributed by atoms with Crippen LogP contribution in [-0.2, 0) is 6.54 Å². The van der Waals surface area contributed by atoms with Crippen LogP contribution in [0.15, 0.2) is 6.07 Å². The lowest BCUT2D eigenvalue weighted by Gasteiger charge is -2.01. The van der Waals surface area contributed by atoms with E-state index in [2.05, 4.69) is 0 Å². The van der Waals surface area contributed by atoms with Crippen LogP contribution in [0.4, 0.5) is 17.6 Å². The molecule has 0 aromatic heterocycles. The van der Waals surface area contributed by atoms with Gasteiger partial charge in [-0.05, 0) is 6.07 Å². The highest BCUT2D eigenvalue weighted by Crippen LogP contribution is 2.18. The lowest BCUT2D eigenvalue weighted by Crippen LogP contribution is -2.06. The summed E-state index contributed by atoms with van der Waals surface area (Å²) in [6.45, 7) is -1.10. The Bertz CT molecular complexity index is 394. The third-order valence-corrected chi connectivity index (χ3v) is 1.48. The monoisotopic (exact) mass is 209 g/mol. The highest BCUT2D eigenvalue weighted by molar-refractivity contribution is 5.20. The molecule has 3 nitrogen and oxygen atoms in total. The van der Waals surface area contributed by atoms with E-state index in [0.29, 0.717) is 0 Å². The van der Waals surface area contributed by atoms with Gasteiger partial charge in [0.1, 0.15) is 0 Å². The van der Waals surface area contributed by atoms with Crippen molar-refractivity contribution < 1.29 is 22.5 Å². The van der Waals surface area contributed by atoms with Crippen LogP contribution >= 0.6 is 0 Å². The van der Waals surface area contributed by atoms with Gasteiger partial charge in [-0.1, -0.05) is 0 Å². The summed E-state index contributed by atoms with van der Waals surface area (Å²) in [5.74, 6) is -7.40. The molecule has 0 bridgehead atoms. The number of hydrogen-bond acceptors (Lipinski definition) is 2. The number of rotatable bonds is 2. The van der Waals surface area contributed by atoms with E-state index >= 15 is 0 Å². The van der Waals surface area contributed by atoms with Gasteiger partial charge in [0.05, 0.1) is 5.56 Å². The number of benzene rings is 1. The van der Waals surface area contributed by atoms with Gasteiger partial charge in [-0.2, -0.15) is 0 Å². The van der Waals surface area contributed by atoms with Crippen molar-refractivity contribution in [2.24, 2.45) is 0 Å². The lowest BCUT2D eigenvalue weighted by molar-refractivity contribution is -0.497. The van der Waals surface area contributed by atoms with Gasteiger partial charge in [-0.15, -0.1) is 0 Å². The Morgan fingerprint density at radius 3 is 2.21 bits per heavy atom. The molecule has 0 aliphatic carbocycles. The van der Waals surface area contributed by atoms with Gasteiger partial charge >= 0.3 is 0 Å². The van der Waals surface area contributed by atoms with Crippen molar-refractivity contribution in [3.63, 3.8) is 0 Å². The molecule has 0 spiro atoms. The first-order valence-electron chi connectivity index (χ1n) is 3.37. The van der Waals surface area contributed by atoms with Crippen molar-refractivity contribution in [3.05, 3.63) is 45.0 Å². The second-order valence-electron chi connectivity index (χ2n) is 2.45. The number of halogens is 4. The van der Waals surface area contributed by atoms with E-state index in [4.69, 9.17) is 0 Å². The Morgan fingerprint density at radius 1 is 1.14 bits per heavy atom. The molecule has 0 radical (unpaired) electrons. The van der Waals surface area contributed by atoms with Crippen LogP contribution in [0.5, 0.6) is 0 Å². The molecular formula is C7H3F4NO2. The summed E-state index contributed by atoms with van der Waals surface area (Å²) in [7, 11) is 0. The normalized spacial score (nSPS) is 10.3. The Hall–Kier alpha value is -1.66. The van der Waals surface area contributed by atoms with Crippen molar-refractivity contribution in [2.75, 3.05) is 0 Å². The third-order valence-electron chi connectivity index (χ3n) is 1.48. The molecule has 0 unspecified atom stereocenters. The average molecular weight is 209 g/mol. The molecular weight excluding hydrogens is 206 g/mol. The minimum atomic E-state index is -2.04. The first kappa shape index (κ1) is 10.4. The van der Waals surface area contributed by atoms with Crippen molar-refractivity contribution in [2.45, 2.75) is 6.54 Å². The highest BCUT2D eigenvalue weighted by atomic mass is 19.2. The standard InChI is InChI=1S/C7H3F4NO2/c8-4-1-3(2-12(13)14)5(9)7(11)6(4)10/h1H,2H2. The van der Waals surface area contributed by atoms with Crippen molar-refractivity contribution >= 4 is 0 Å². The molecule has 0 atom stereocenters. The van der Waals surface area contributed by atoms with E-state index in [1.807, 2.05) is 0 Å². The van der Waals surface area contributed by atoms with Crippen LogP contribution in [0.1, 0.15) is 5.56 Å². The zero-order valence-corrected chi connectivity index (χ0v) is 6.56. The van der Waals surface area contributed by atoms with Gasteiger partial charge in [0.25, 0.3) is 0 Å². The van der Waals surface area contributed by atoms with Crippen LogP contribution < -0.4 is 0 Å². The second kappa shape index (κ2) is 3.60. The van der Waals surface area contributed by atoms with Crippen LogP contribution in [0.25, 0.3) is 0 Å². The molecule has 7 heteroatoms. The number of nitro groups is 1. The zero-order chi connectivity index (χ0) is 10.9. The molecule has 0 saturated carbocycles. The molecule has 0 fully saturated rings. The van der Waals surface area contributed by atoms with Gasteiger partial charge in [0.15, 0.2) is 23.3 Å². The van der Waals surface area contributed by atoms with Crippen molar-refractivity contribution in [1.29, 1.82) is 0 Å².